The van der Waals surface area contributed by atoms with Gasteiger partial charge in [-0.25, -0.2) is 0 Å². The van der Waals surface area contributed by atoms with Crippen molar-refractivity contribution in [2.45, 2.75) is 20.5 Å². The average Bonchev–Trinajstić information content (AvgIpc) is 0.742. The minimum absolute atomic E-state index is 0.172. The van der Waals surface area contributed by atoms with Gasteiger partial charge in [0.15, 0.2) is 4.30 Å². The van der Waals surface area contributed by atoms with Crippen molar-refractivity contribution in [1.29, 1.82) is 0 Å². The number of nitrogens with zero attached hydrogens (tertiary/aromatic N) is 12. The molecule has 0 amide bonds. The van der Waals surface area contributed by atoms with Crippen LogP contribution in [0.5, 0.6) is 0 Å². The number of benzene rings is 12. The molecule has 0 unspecified atom stereocenters. The molecule has 0 spiro atoms. The normalized spacial score (nSPS) is 11.0. The lowest BCUT2D eigenvalue weighted by atomic mass is 9.65. The monoisotopic (exact) mass is 1620 g/mol. The van der Waals surface area contributed by atoms with Gasteiger partial charge in [-0.05, 0) is 66.8 Å². The average molecular weight is 1620 g/mol. The molecule has 39 heteroatoms. The van der Waals surface area contributed by atoms with Gasteiger partial charge in [0.05, 0.1) is 75.3 Å². The summed E-state index contributed by atoms with van der Waals surface area (Å²) in [6.45, 7) is 0. The summed E-state index contributed by atoms with van der Waals surface area (Å²) in [6.07, 6.45) is 0. The van der Waals surface area contributed by atoms with Crippen LogP contribution in [0.3, 0.4) is 0 Å². The largest absolute Gasteiger partial charge is 0.269 e. The number of halogens is 3. The van der Waals surface area contributed by atoms with E-state index in [9.17, 15) is 121 Å². The van der Waals surface area contributed by atoms with Crippen LogP contribution in [-0.4, -0.2) is 63.4 Å². The molecule has 12 aromatic rings. The maximum Gasteiger partial charge on any atom is 0.269 e. The quantitative estimate of drug-likeness (QED) is 0.0235. The van der Waals surface area contributed by atoms with Crippen LogP contribution in [0, 0.1) is 121 Å². The van der Waals surface area contributed by atoms with E-state index in [1.54, 1.807) is 0 Å². The standard InChI is InChI=1S/3C25H16N4O8.CHCl3/c3*30-26(31)21-9-1-17(2-10-21)25(18-3-11-22(12-4-18)27(32)33,19-5-13-23(14-6-19)28(34)35)20-7-15-24(16-8-20)29(36)37;2-1(3)4/h3*1-16H;1H. The van der Waals surface area contributed by atoms with Crippen molar-refractivity contribution in [3.05, 3.63) is 479 Å². The summed E-state index contributed by atoms with van der Waals surface area (Å²) in [4.78, 5) is 129. The third kappa shape index (κ3) is 18.1. The van der Waals surface area contributed by atoms with Crippen molar-refractivity contribution >= 4 is 103 Å². The third-order valence-corrected chi connectivity index (χ3v) is 18.1. The zero-order valence-corrected chi connectivity index (χ0v) is 60.4. The minimum atomic E-state index is -1.30. The van der Waals surface area contributed by atoms with Crippen molar-refractivity contribution in [3.63, 3.8) is 0 Å². The molecule has 0 radical (unpaired) electrons. The predicted octanol–water partition coefficient (Wildman–Crippen LogP) is 19.1. The van der Waals surface area contributed by atoms with Crippen LogP contribution in [0.15, 0.2) is 291 Å². The number of nitro groups is 12. The first-order chi connectivity index (χ1) is 54.6. The molecule has 12 aromatic carbocycles. The van der Waals surface area contributed by atoms with Gasteiger partial charge >= 0.3 is 0 Å². The first kappa shape index (κ1) is 83.4. The Morgan fingerprint density at radius 3 is 0.243 bits per heavy atom. The number of non-ortho nitro benzene ring substituents is 12. The highest BCUT2D eigenvalue weighted by molar-refractivity contribution is 6.63. The SMILES string of the molecule is ClC(Cl)Cl.O=[N+]([O-])c1ccc(C(c2ccc([N+](=O)[O-])cc2)(c2ccc([N+](=O)[O-])cc2)c2ccc([N+](=O)[O-])cc2)cc1.O=[N+]([O-])c1ccc(C(c2ccc([N+](=O)[O-])cc2)(c2ccc([N+](=O)[O-])cc2)c2ccc([N+](=O)[O-])cc2)cc1.O=[N+]([O-])c1ccc(C(c2ccc([N+](=O)[O-])cc2)(c2ccc([N+](=O)[O-])cc2)c2ccc([N+](=O)[O-])cc2)cc1. The van der Waals surface area contributed by atoms with Crippen LogP contribution < -0.4 is 0 Å². The molecule has 0 aliphatic rings. The Labute approximate surface area is 658 Å². The van der Waals surface area contributed by atoms with Crippen molar-refractivity contribution in [2.24, 2.45) is 0 Å². The van der Waals surface area contributed by atoms with Crippen LogP contribution in [0.25, 0.3) is 0 Å². The molecule has 12 rings (SSSR count). The van der Waals surface area contributed by atoms with Gasteiger partial charge in [-0.3, -0.25) is 121 Å². The molecule has 0 aromatic heterocycles. The zero-order valence-electron chi connectivity index (χ0n) is 58.1. The van der Waals surface area contributed by atoms with Gasteiger partial charge in [0.2, 0.25) is 0 Å². The Balaban J connectivity index is 0.000000193. The number of nitro benzene ring substituents is 12. The Bertz CT molecular complexity index is 4430. The van der Waals surface area contributed by atoms with E-state index in [0.29, 0.717) is 66.8 Å². The number of hydrogen-bond acceptors (Lipinski definition) is 24. The Morgan fingerprint density at radius 1 is 0.148 bits per heavy atom. The number of alkyl halides is 3. The van der Waals surface area contributed by atoms with Gasteiger partial charge in [0.1, 0.15) is 0 Å². The van der Waals surface area contributed by atoms with Gasteiger partial charge in [-0.1, -0.05) is 180 Å². The van der Waals surface area contributed by atoms with E-state index in [4.69, 9.17) is 34.8 Å². The van der Waals surface area contributed by atoms with Gasteiger partial charge < -0.3 is 0 Å². The molecule has 115 heavy (non-hydrogen) atoms. The molecule has 0 saturated carbocycles. The fraction of sp³-hybridized carbons (Fsp3) is 0.0526. The van der Waals surface area contributed by atoms with Crippen LogP contribution in [0.1, 0.15) is 66.8 Å². The highest BCUT2D eigenvalue weighted by Gasteiger charge is 2.43. The molecule has 0 bridgehead atoms. The molecule has 0 heterocycles. The molecule has 578 valence electrons. The van der Waals surface area contributed by atoms with Gasteiger partial charge in [-0.2, -0.15) is 0 Å². The van der Waals surface area contributed by atoms with Gasteiger partial charge in [0, 0.05) is 146 Å². The Kier molecular flexibility index (Phi) is 25.9. The Morgan fingerprint density at radius 2 is 0.200 bits per heavy atom. The molecular formula is C76H49Cl3N12O24. The van der Waals surface area contributed by atoms with E-state index in [1.807, 2.05) is 0 Å². The van der Waals surface area contributed by atoms with Crippen molar-refractivity contribution in [1.82, 2.24) is 0 Å². The first-order valence-corrected chi connectivity index (χ1v) is 33.9. The van der Waals surface area contributed by atoms with E-state index in [1.165, 1.54) is 291 Å². The van der Waals surface area contributed by atoms with Crippen LogP contribution in [0.4, 0.5) is 68.2 Å². The second-order valence-corrected chi connectivity index (χ2v) is 26.1. The number of rotatable bonds is 24. The summed E-state index contributed by atoms with van der Waals surface area (Å²) in [5.74, 6) is 0. The Hall–Kier alpha value is -15.7. The third-order valence-electron chi connectivity index (χ3n) is 18.1. The minimum Gasteiger partial charge on any atom is -0.258 e. The molecular weight excluding hydrogens is 1570 g/mol. The van der Waals surface area contributed by atoms with E-state index >= 15 is 0 Å². The maximum absolute atomic E-state index is 11.3. The second-order valence-electron chi connectivity index (χ2n) is 24.1. The maximum atomic E-state index is 11.3. The number of hydrogen-bond donors (Lipinski definition) is 0. The highest BCUT2D eigenvalue weighted by Crippen LogP contribution is 2.50. The lowest BCUT2D eigenvalue weighted by Crippen LogP contribution is -2.31. The topological polar surface area (TPSA) is 518 Å². The molecule has 36 nitrogen and oxygen atoms in total. The molecule has 0 N–H and O–H groups in total. The fourth-order valence-corrected chi connectivity index (χ4v) is 13.0. The zero-order chi connectivity index (χ0) is 83.8. The summed E-state index contributed by atoms with van der Waals surface area (Å²) in [5.41, 5.74) is -0.0201. The summed E-state index contributed by atoms with van der Waals surface area (Å²) in [7, 11) is 0. The second kappa shape index (κ2) is 35.8. The van der Waals surface area contributed by atoms with Crippen LogP contribution in [0.2, 0.25) is 0 Å². The first-order valence-electron chi connectivity index (χ1n) is 32.6. The molecule has 0 aliphatic carbocycles. The van der Waals surface area contributed by atoms with E-state index < -0.39 is 79.6 Å². The fourth-order valence-electron chi connectivity index (χ4n) is 13.0. The van der Waals surface area contributed by atoms with Crippen LogP contribution >= 0.6 is 34.8 Å². The summed E-state index contributed by atoms with van der Waals surface area (Å²) >= 11 is 14.4. The molecule has 0 fully saturated rings. The molecule has 0 saturated heterocycles. The molecule has 0 aliphatic heterocycles. The van der Waals surface area contributed by atoms with E-state index in [0.717, 1.165) is 0 Å². The van der Waals surface area contributed by atoms with Crippen LogP contribution in [-0.2, 0) is 16.2 Å². The lowest BCUT2D eigenvalue weighted by molar-refractivity contribution is -0.385. The highest BCUT2D eigenvalue weighted by atomic mass is 35.6. The van der Waals surface area contributed by atoms with Crippen molar-refractivity contribution in [2.75, 3.05) is 0 Å². The lowest BCUT2D eigenvalue weighted by Gasteiger charge is -2.36. The van der Waals surface area contributed by atoms with Crippen molar-refractivity contribution < 1.29 is 59.1 Å². The van der Waals surface area contributed by atoms with Crippen molar-refractivity contribution in [3.8, 4) is 0 Å². The molecule has 0 atom stereocenters. The smallest absolute Gasteiger partial charge is 0.258 e. The van der Waals surface area contributed by atoms with E-state index in [-0.39, 0.29) is 68.2 Å². The summed E-state index contributed by atoms with van der Waals surface area (Å²) in [6, 6.07) is 67.5. The van der Waals surface area contributed by atoms with E-state index in [2.05, 4.69) is 0 Å². The predicted molar refractivity (Wildman–Crippen MR) is 415 cm³/mol. The van der Waals surface area contributed by atoms with Gasteiger partial charge in [0.25, 0.3) is 68.2 Å². The van der Waals surface area contributed by atoms with Gasteiger partial charge in [-0.15, -0.1) is 0 Å². The summed E-state index contributed by atoms with van der Waals surface area (Å²) in [5, 5.41) is 135. The summed E-state index contributed by atoms with van der Waals surface area (Å²) < 4.78 is -0.750.